The number of carbonyl (C=O) groups excluding carboxylic acids is 1. The Morgan fingerprint density at radius 2 is 2.15 bits per heavy atom. The molecule has 20 heavy (non-hydrogen) atoms. The molecule has 0 unspecified atom stereocenters. The topological polar surface area (TPSA) is 47.8 Å². The Labute approximate surface area is 127 Å². The van der Waals surface area contributed by atoms with Gasteiger partial charge in [-0.05, 0) is 18.4 Å². The fourth-order valence-electron chi connectivity index (χ4n) is 1.62. The zero-order valence-corrected chi connectivity index (χ0v) is 13.8. The molecule has 0 radical (unpaired) electrons. The molecule has 0 spiro atoms. The molecule has 0 bridgehead atoms. The van der Waals surface area contributed by atoms with Crippen LogP contribution < -0.4 is 0 Å². The van der Waals surface area contributed by atoms with Crippen molar-refractivity contribution in [3.8, 4) is 10.7 Å². The summed E-state index contributed by atoms with van der Waals surface area (Å²) in [5, 5.41) is 11.3. The maximum absolute atomic E-state index is 12.0. The Morgan fingerprint density at radius 3 is 2.70 bits per heavy atom. The first-order valence-electron chi connectivity index (χ1n) is 6.56. The van der Waals surface area contributed by atoms with E-state index in [9.17, 15) is 4.79 Å². The molecule has 4 nitrogen and oxygen atoms in total. The normalized spacial score (nSPS) is 11.8. The molecule has 0 N–H and O–H groups in total. The van der Waals surface area contributed by atoms with E-state index in [1.54, 1.807) is 11.3 Å². The zero-order valence-electron chi connectivity index (χ0n) is 12.2. The van der Waals surface area contributed by atoms with Gasteiger partial charge in [0.05, 0.1) is 10.6 Å². The summed E-state index contributed by atoms with van der Waals surface area (Å²) in [6.45, 7) is 8.69. The molecule has 2 rings (SSSR count). The highest BCUT2D eigenvalue weighted by Gasteiger charge is 2.22. The zero-order chi connectivity index (χ0) is 14.8. The highest BCUT2D eigenvalue weighted by atomic mass is 32.2. The van der Waals surface area contributed by atoms with Crippen LogP contribution in [0, 0.1) is 5.41 Å². The molecule has 0 aliphatic rings. The number of nitrogens with zero attached hydrogens (tertiary/aromatic N) is 3. The summed E-state index contributed by atoms with van der Waals surface area (Å²) in [6, 6.07) is 4.04. The monoisotopic (exact) mass is 309 g/mol. The van der Waals surface area contributed by atoms with Gasteiger partial charge in [-0.25, -0.2) is 0 Å². The van der Waals surface area contributed by atoms with Crippen LogP contribution in [-0.2, 0) is 11.3 Å². The largest absolute Gasteiger partial charge is 0.302 e. The smallest absolute Gasteiger partial charge is 0.191 e. The number of hydrogen-bond donors (Lipinski definition) is 0. The lowest BCUT2D eigenvalue weighted by molar-refractivity contribution is -0.123. The second-order valence-corrected chi connectivity index (χ2v) is 7.38. The summed E-state index contributed by atoms with van der Waals surface area (Å²) < 4.78 is 2.06. The fraction of sp³-hybridized carbons (Fsp3) is 0.500. The van der Waals surface area contributed by atoms with E-state index in [-0.39, 0.29) is 11.2 Å². The van der Waals surface area contributed by atoms with E-state index < -0.39 is 0 Å². The summed E-state index contributed by atoms with van der Waals surface area (Å²) in [4.78, 5) is 13.1. The van der Waals surface area contributed by atoms with Gasteiger partial charge in [0.15, 0.2) is 11.0 Å². The first-order chi connectivity index (χ1) is 9.43. The van der Waals surface area contributed by atoms with E-state index in [0.29, 0.717) is 5.75 Å². The number of aromatic nitrogens is 3. The summed E-state index contributed by atoms with van der Waals surface area (Å²) in [5.74, 6) is 1.55. The van der Waals surface area contributed by atoms with E-state index in [2.05, 4.69) is 21.7 Å². The Bertz CT molecular complexity index is 582. The van der Waals surface area contributed by atoms with Crippen LogP contribution in [0.15, 0.2) is 22.7 Å². The highest BCUT2D eigenvalue weighted by molar-refractivity contribution is 7.99. The van der Waals surface area contributed by atoms with Gasteiger partial charge >= 0.3 is 0 Å². The molecule has 6 heteroatoms. The SMILES string of the molecule is CCn1c(SCC(=O)C(C)(C)C)nnc1-c1cccs1. The molecule has 2 aromatic rings. The average molecular weight is 309 g/mol. The molecule has 0 saturated carbocycles. The van der Waals surface area contributed by atoms with Gasteiger partial charge in [0, 0.05) is 12.0 Å². The Balaban J connectivity index is 2.16. The number of rotatable bonds is 5. The first-order valence-corrected chi connectivity index (χ1v) is 8.43. The van der Waals surface area contributed by atoms with E-state index >= 15 is 0 Å². The molecular weight excluding hydrogens is 290 g/mol. The summed E-state index contributed by atoms with van der Waals surface area (Å²) >= 11 is 3.12. The number of thiophene rings is 1. The van der Waals surface area contributed by atoms with Crippen LogP contribution in [0.5, 0.6) is 0 Å². The Kier molecular flexibility index (Phi) is 4.65. The van der Waals surface area contributed by atoms with Crippen LogP contribution in [0.25, 0.3) is 10.7 Å². The first kappa shape index (κ1) is 15.3. The predicted molar refractivity (Wildman–Crippen MR) is 84.2 cm³/mol. The minimum Gasteiger partial charge on any atom is -0.302 e. The molecule has 0 saturated heterocycles. The third-order valence-electron chi connectivity index (χ3n) is 2.94. The van der Waals surface area contributed by atoms with Crippen LogP contribution in [-0.4, -0.2) is 26.3 Å². The highest BCUT2D eigenvalue weighted by Crippen LogP contribution is 2.28. The van der Waals surface area contributed by atoms with Gasteiger partial charge in [-0.15, -0.1) is 21.5 Å². The Morgan fingerprint density at radius 1 is 1.40 bits per heavy atom. The number of hydrogen-bond acceptors (Lipinski definition) is 5. The van der Waals surface area contributed by atoms with Gasteiger partial charge in [0.25, 0.3) is 0 Å². The van der Waals surface area contributed by atoms with Crippen molar-refractivity contribution in [2.24, 2.45) is 5.41 Å². The lowest BCUT2D eigenvalue weighted by Gasteiger charge is -2.15. The number of Topliss-reactive ketones (excluding diaryl/α,β-unsaturated/α-hetero) is 1. The molecule has 0 amide bonds. The summed E-state index contributed by atoms with van der Waals surface area (Å²) in [5.41, 5.74) is -0.305. The second kappa shape index (κ2) is 6.10. The summed E-state index contributed by atoms with van der Waals surface area (Å²) in [6.07, 6.45) is 0. The van der Waals surface area contributed by atoms with E-state index in [1.165, 1.54) is 11.8 Å². The summed E-state index contributed by atoms with van der Waals surface area (Å²) in [7, 11) is 0. The van der Waals surface area contributed by atoms with Crippen LogP contribution in [0.2, 0.25) is 0 Å². The quantitative estimate of drug-likeness (QED) is 0.790. The average Bonchev–Trinajstić information content (AvgIpc) is 3.02. The van der Waals surface area contributed by atoms with Crippen molar-refractivity contribution >= 4 is 28.9 Å². The van der Waals surface area contributed by atoms with Gasteiger partial charge in [-0.2, -0.15) is 0 Å². The van der Waals surface area contributed by atoms with Crippen molar-refractivity contribution in [1.29, 1.82) is 0 Å². The molecule has 2 heterocycles. The number of carbonyl (C=O) groups is 1. The molecule has 0 aliphatic carbocycles. The molecule has 0 aliphatic heterocycles. The minimum atomic E-state index is -0.305. The van der Waals surface area contributed by atoms with Crippen molar-refractivity contribution in [1.82, 2.24) is 14.8 Å². The van der Waals surface area contributed by atoms with E-state index in [1.807, 2.05) is 38.3 Å². The van der Waals surface area contributed by atoms with Crippen LogP contribution in [0.3, 0.4) is 0 Å². The third kappa shape index (κ3) is 3.30. The lowest BCUT2D eigenvalue weighted by atomic mass is 9.92. The van der Waals surface area contributed by atoms with Gasteiger partial charge in [-0.1, -0.05) is 38.6 Å². The van der Waals surface area contributed by atoms with Gasteiger partial charge in [0.2, 0.25) is 0 Å². The maximum atomic E-state index is 12.0. The number of thioether (sulfide) groups is 1. The number of ketones is 1. The van der Waals surface area contributed by atoms with Gasteiger partial charge in [0.1, 0.15) is 5.78 Å². The van der Waals surface area contributed by atoms with Crippen LogP contribution >= 0.6 is 23.1 Å². The molecular formula is C14H19N3OS2. The van der Waals surface area contributed by atoms with Crippen LogP contribution in [0.4, 0.5) is 0 Å². The van der Waals surface area contributed by atoms with Crippen molar-refractivity contribution in [3.05, 3.63) is 17.5 Å². The van der Waals surface area contributed by atoms with E-state index in [0.717, 1.165) is 22.4 Å². The van der Waals surface area contributed by atoms with Crippen molar-refractivity contribution < 1.29 is 4.79 Å². The minimum absolute atomic E-state index is 0.228. The lowest BCUT2D eigenvalue weighted by Crippen LogP contribution is -2.22. The van der Waals surface area contributed by atoms with Crippen molar-refractivity contribution in [2.75, 3.05) is 5.75 Å². The predicted octanol–water partition coefficient (Wildman–Crippen LogP) is 3.73. The fourth-order valence-corrected chi connectivity index (χ4v) is 3.50. The third-order valence-corrected chi connectivity index (χ3v) is 4.78. The van der Waals surface area contributed by atoms with Crippen molar-refractivity contribution in [3.63, 3.8) is 0 Å². The van der Waals surface area contributed by atoms with Crippen LogP contribution in [0.1, 0.15) is 27.7 Å². The second-order valence-electron chi connectivity index (χ2n) is 5.49. The van der Waals surface area contributed by atoms with Crippen molar-refractivity contribution in [2.45, 2.75) is 39.4 Å². The molecule has 0 fully saturated rings. The van der Waals surface area contributed by atoms with Gasteiger partial charge in [-0.3, -0.25) is 4.79 Å². The molecule has 0 aromatic carbocycles. The maximum Gasteiger partial charge on any atom is 0.191 e. The van der Waals surface area contributed by atoms with Gasteiger partial charge < -0.3 is 4.57 Å². The molecule has 0 atom stereocenters. The standard InChI is InChI=1S/C14H19N3OS2/c1-5-17-12(10-7-6-8-19-10)15-16-13(17)20-9-11(18)14(2,3)4/h6-8H,5,9H2,1-4H3. The van der Waals surface area contributed by atoms with E-state index in [4.69, 9.17) is 0 Å². The molecule has 108 valence electrons. The molecule has 2 aromatic heterocycles. The Hall–Kier alpha value is -1.14.